The van der Waals surface area contributed by atoms with Crippen LogP contribution in [0.5, 0.6) is 0 Å². The minimum atomic E-state index is 1.12. The third-order valence-corrected chi connectivity index (χ3v) is 9.33. The standard InChI is InChI=1S/C46H36N2/c1-33-21-31-45(43-19-11-9-17-41(33)43)47(37-13-5-3-6-14-37)39-27-23-35(24-28-39)36-25-29-40(30-26-36)48(38-15-7-4-8-16-38)46-32-22-34(2)42-18-10-12-20-44(42)46/h3-32H,1-2H3. The van der Waals surface area contributed by atoms with E-state index >= 15 is 0 Å². The van der Waals surface area contributed by atoms with E-state index in [2.05, 4.69) is 206 Å². The lowest BCUT2D eigenvalue weighted by atomic mass is 10.0. The average molecular weight is 617 g/mol. The van der Waals surface area contributed by atoms with Crippen LogP contribution in [-0.2, 0) is 0 Å². The predicted molar refractivity (Wildman–Crippen MR) is 206 cm³/mol. The van der Waals surface area contributed by atoms with Crippen LogP contribution in [0.15, 0.2) is 182 Å². The van der Waals surface area contributed by atoms with E-state index in [4.69, 9.17) is 0 Å². The quantitative estimate of drug-likeness (QED) is 0.176. The van der Waals surface area contributed by atoms with Crippen LogP contribution < -0.4 is 9.80 Å². The zero-order valence-corrected chi connectivity index (χ0v) is 27.2. The van der Waals surface area contributed by atoms with E-state index in [1.807, 2.05) is 0 Å². The van der Waals surface area contributed by atoms with Gasteiger partial charge in [0.1, 0.15) is 0 Å². The van der Waals surface area contributed by atoms with E-state index in [0.29, 0.717) is 0 Å². The molecule has 2 nitrogen and oxygen atoms in total. The molecule has 0 saturated heterocycles. The Morgan fingerprint density at radius 1 is 0.271 bits per heavy atom. The second-order valence-electron chi connectivity index (χ2n) is 12.3. The summed E-state index contributed by atoms with van der Waals surface area (Å²) < 4.78 is 0. The van der Waals surface area contributed by atoms with Crippen molar-refractivity contribution < 1.29 is 0 Å². The zero-order valence-electron chi connectivity index (χ0n) is 27.2. The lowest BCUT2D eigenvalue weighted by molar-refractivity contribution is 1.29. The summed E-state index contributed by atoms with van der Waals surface area (Å²) >= 11 is 0. The summed E-state index contributed by atoms with van der Waals surface area (Å²) in [6.45, 7) is 4.36. The summed E-state index contributed by atoms with van der Waals surface area (Å²) in [7, 11) is 0. The Morgan fingerprint density at radius 3 is 0.958 bits per heavy atom. The van der Waals surface area contributed by atoms with E-state index in [0.717, 1.165) is 22.7 Å². The third kappa shape index (κ3) is 5.38. The van der Waals surface area contributed by atoms with Crippen LogP contribution in [0, 0.1) is 13.8 Å². The molecule has 0 unspecified atom stereocenters. The van der Waals surface area contributed by atoms with E-state index < -0.39 is 0 Å². The molecule has 0 aliphatic heterocycles. The summed E-state index contributed by atoms with van der Waals surface area (Å²) in [5, 5.41) is 5.03. The highest BCUT2D eigenvalue weighted by atomic mass is 15.1. The Hall–Kier alpha value is -6.12. The fourth-order valence-electron chi connectivity index (χ4n) is 6.87. The minimum Gasteiger partial charge on any atom is -0.310 e. The summed E-state index contributed by atoms with van der Waals surface area (Å²) in [4.78, 5) is 4.72. The van der Waals surface area contributed by atoms with Crippen molar-refractivity contribution >= 4 is 55.7 Å². The molecule has 48 heavy (non-hydrogen) atoms. The van der Waals surface area contributed by atoms with Crippen molar-refractivity contribution in [3.05, 3.63) is 193 Å². The van der Waals surface area contributed by atoms with Crippen molar-refractivity contribution in [3.63, 3.8) is 0 Å². The molecule has 0 atom stereocenters. The Bertz CT molecular complexity index is 2170. The lowest BCUT2D eigenvalue weighted by Gasteiger charge is -2.28. The monoisotopic (exact) mass is 616 g/mol. The number of nitrogens with zero attached hydrogens (tertiary/aromatic N) is 2. The van der Waals surface area contributed by atoms with Crippen LogP contribution in [0.4, 0.5) is 34.1 Å². The summed E-state index contributed by atoms with van der Waals surface area (Å²) in [5.74, 6) is 0. The zero-order chi connectivity index (χ0) is 32.5. The molecule has 0 spiro atoms. The average Bonchev–Trinajstić information content (AvgIpc) is 3.15. The Kier molecular flexibility index (Phi) is 7.68. The smallest absolute Gasteiger partial charge is 0.0540 e. The number of para-hydroxylation sites is 2. The summed E-state index contributed by atoms with van der Waals surface area (Å²) in [6.07, 6.45) is 0. The van der Waals surface area contributed by atoms with Gasteiger partial charge in [-0.25, -0.2) is 0 Å². The van der Waals surface area contributed by atoms with Crippen molar-refractivity contribution in [2.24, 2.45) is 0 Å². The molecular weight excluding hydrogens is 581 g/mol. The van der Waals surface area contributed by atoms with Gasteiger partial charge in [-0.05, 0) is 108 Å². The molecule has 0 bridgehead atoms. The van der Waals surface area contributed by atoms with E-state index in [9.17, 15) is 0 Å². The molecule has 8 aromatic rings. The topological polar surface area (TPSA) is 6.48 Å². The highest BCUT2D eigenvalue weighted by molar-refractivity contribution is 6.01. The highest BCUT2D eigenvalue weighted by Gasteiger charge is 2.18. The molecule has 0 aromatic heterocycles. The van der Waals surface area contributed by atoms with Gasteiger partial charge in [-0.3, -0.25) is 0 Å². The number of benzene rings is 8. The number of hydrogen-bond donors (Lipinski definition) is 0. The van der Waals surface area contributed by atoms with Crippen molar-refractivity contribution in [1.82, 2.24) is 0 Å². The van der Waals surface area contributed by atoms with Crippen LogP contribution in [0.3, 0.4) is 0 Å². The molecule has 0 fully saturated rings. The Balaban J connectivity index is 1.17. The van der Waals surface area contributed by atoms with Crippen molar-refractivity contribution in [1.29, 1.82) is 0 Å². The maximum atomic E-state index is 2.36. The van der Waals surface area contributed by atoms with Gasteiger partial charge in [0.15, 0.2) is 0 Å². The molecule has 0 aliphatic rings. The first kappa shape index (κ1) is 29.3. The minimum absolute atomic E-state index is 1.12. The van der Waals surface area contributed by atoms with Gasteiger partial charge in [-0.15, -0.1) is 0 Å². The van der Waals surface area contributed by atoms with Crippen molar-refractivity contribution in [3.8, 4) is 11.1 Å². The molecule has 2 heteroatoms. The SMILES string of the molecule is Cc1ccc(N(c2ccccc2)c2ccc(-c3ccc(N(c4ccccc4)c4ccc(C)c5ccccc45)cc3)cc2)c2ccccc12. The molecule has 0 aliphatic carbocycles. The number of rotatable bonds is 7. The number of hydrogen-bond acceptors (Lipinski definition) is 2. The molecule has 0 radical (unpaired) electrons. The maximum Gasteiger partial charge on any atom is 0.0540 e. The van der Waals surface area contributed by atoms with Gasteiger partial charge < -0.3 is 9.80 Å². The largest absolute Gasteiger partial charge is 0.310 e. The molecule has 8 rings (SSSR count). The lowest BCUT2D eigenvalue weighted by Crippen LogP contribution is -2.10. The van der Waals surface area contributed by atoms with Gasteiger partial charge in [0.25, 0.3) is 0 Å². The molecule has 0 N–H and O–H groups in total. The first-order chi connectivity index (χ1) is 23.7. The summed E-state index contributed by atoms with van der Waals surface area (Å²) in [5.41, 5.74) is 11.8. The van der Waals surface area contributed by atoms with Gasteiger partial charge in [-0.2, -0.15) is 0 Å². The van der Waals surface area contributed by atoms with Gasteiger partial charge in [0.2, 0.25) is 0 Å². The summed E-state index contributed by atoms with van der Waals surface area (Å²) in [6, 6.07) is 65.5. The van der Waals surface area contributed by atoms with Gasteiger partial charge in [-0.1, -0.05) is 121 Å². The molecular formula is C46H36N2. The second kappa shape index (κ2) is 12.6. The number of anilines is 6. The molecule has 0 saturated carbocycles. The normalized spacial score (nSPS) is 11.1. The first-order valence-corrected chi connectivity index (χ1v) is 16.5. The Labute approximate surface area is 282 Å². The third-order valence-electron chi connectivity index (χ3n) is 9.33. The Morgan fingerprint density at radius 2 is 0.583 bits per heavy atom. The molecule has 0 heterocycles. The van der Waals surface area contributed by atoms with Crippen LogP contribution in [0.2, 0.25) is 0 Å². The maximum absolute atomic E-state index is 2.36. The number of aryl methyl sites for hydroxylation is 2. The van der Waals surface area contributed by atoms with Crippen LogP contribution in [0.25, 0.3) is 32.7 Å². The highest BCUT2D eigenvalue weighted by Crippen LogP contribution is 2.42. The number of fused-ring (bicyclic) bond motifs is 2. The van der Waals surface area contributed by atoms with Crippen molar-refractivity contribution in [2.45, 2.75) is 13.8 Å². The van der Waals surface area contributed by atoms with E-state index in [1.54, 1.807) is 0 Å². The molecule has 230 valence electrons. The van der Waals surface area contributed by atoms with Gasteiger partial charge >= 0.3 is 0 Å². The van der Waals surface area contributed by atoms with Crippen molar-refractivity contribution in [2.75, 3.05) is 9.80 Å². The molecule has 8 aromatic carbocycles. The van der Waals surface area contributed by atoms with Gasteiger partial charge in [0, 0.05) is 33.5 Å². The molecule has 0 amide bonds. The van der Waals surface area contributed by atoms with Crippen LogP contribution in [-0.4, -0.2) is 0 Å². The van der Waals surface area contributed by atoms with Crippen LogP contribution in [0.1, 0.15) is 11.1 Å². The predicted octanol–water partition coefficient (Wildman–Crippen LogP) is 13.2. The first-order valence-electron chi connectivity index (χ1n) is 16.5. The fourth-order valence-corrected chi connectivity index (χ4v) is 6.87. The van der Waals surface area contributed by atoms with Gasteiger partial charge in [0.05, 0.1) is 11.4 Å². The van der Waals surface area contributed by atoms with E-state index in [1.165, 1.54) is 55.2 Å². The second-order valence-corrected chi connectivity index (χ2v) is 12.3. The van der Waals surface area contributed by atoms with Crippen LogP contribution >= 0.6 is 0 Å². The van der Waals surface area contributed by atoms with E-state index in [-0.39, 0.29) is 0 Å². The fraction of sp³-hybridized carbons (Fsp3) is 0.0435.